The van der Waals surface area contributed by atoms with Gasteiger partial charge in [0.05, 0.1) is 5.69 Å². The summed E-state index contributed by atoms with van der Waals surface area (Å²) in [5.74, 6) is -0.353. The lowest BCUT2D eigenvalue weighted by Gasteiger charge is -2.25. The Hall–Kier alpha value is -2.44. The van der Waals surface area contributed by atoms with E-state index in [1.54, 1.807) is 12.1 Å². The maximum absolute atomic E-state index is 13.1. The molecule has 2 aromatic carbocycles. The van der Waals surface area contributed by atoms with Crippen molar-refractivity contribution in [3.63, 3.8) is 0 Å². The number of anilines is 2. The summed E-state index contributed by atoms with van der Waals surface area (Å²) in [5, 5.41) is 6.00. The Kier molecular flexibility index (Phi) is 5.09. The summed E-state index contributed by atoms with van der Waals surface area (Å²) < 4.78 is 13.1. The fourth-order valence-corrected chi connectivity index (χ4v) is 4.10. The Balaban J connectivity index is 1.47. The second-order valence-electron chi connectivity index (χ2n) is 6.36. The minimum atomic E-state index is -0.286. The SMILES string of the molecule is O=C(Nc1nc(-c2ccc(F)cc2)cs1)[C@@H]1CCCN1c1ccc(Cl)cc1. The van der Waals surface area contributed by atoms with Gasteiger partial charge in [-0.25, -0.2) is 9.37 Å². The lowest BCUT2D eigenvalue weighted by Crippen LogP contribution is -2.39. The first kappa shape index (κ1) is 17.9. The van der Waals surface area contributed by atoms with Crippen LogP contribution < -0.4 is 10.2 Å². The molecule has 2 heterocycles. The maximum atomic E-state index is 13.1. The molecule has 3 aromatic rings. The molecule has 0 saturated carbocycles. The molecule has 1 saturated heterocycles. The lowest BCUT2D eigenvalue weighted by atomic mass is 10.2. The first-order valence-corrected chi connectivity index (χ1v) is 9.90. The average Bonchev–Trinajstić information content (AvgIpc) is 3.33. The van der Waals surface area contributed by atoms with Crippen molar-refractivity contribution in [2.75, 3.05) is 16.8 Å². The van der Waals surface area contributed by atoms with Gasteiger partial charge in [0.2, 0.25) is 5.91 Å². The highest BCUT2D eigenvalue weighted by molar-refractivity contribution is 7.14. The van der Waals surface area contributed by atoms with E-state index < -0.39 is 0 Å². The van der Waals surface area contributed by atoms with Gasteiger partial charge in [0.15, 0.2) is 5.13 Å². The van der Waals surface area contributed by atoms with Gasteiger partial charge in [0.1, 0.15) is 11.9 Å². The van der Waals surface area contributed by atoms with E-state index in [-0.39, 0.29) is 17.8 Å². The predicted molar refractivity (Wildman–Crippen MR) is 108 cm³/mol. The number of rotatable bonds is 4. The molecule has 1 atom stereocenters. The first-order chi connectivity index (χ1) is 13.1. The number of hydrogen-bond acceptors (Lipinski definition) is 4. The van der Waals surface area contributed by atoms with E-state index in [1.807, 2.05) is 29.6 Å². The Morgan fingerprint density at radius 2 is 1.93 bits per heavy atom. The molecular formula is C20H17ClFN3OS. The van der Waals surface area contributed by atoms with Crippen LogP contribution in [0, 0.1) is 5.82 Å². The summed E-state index contributed by atoms with van der Waals surface area (Å²) in [7, 11) is 0. The van der Waals surface area contributed by atoms with Crippen LogP contribution in [-0.4, -0.2) is 23.5 Å². The Bertz CT molecular complexity index is 943. The summed E-state index contributed by atoms with van der Waals surface area (Å²) in [6.07, 6.45) is 1.75. The first-order valence-electron chi connectivity index (χ1n) is 8.65. The second-order valence-corrected chi connectivity index (χ2v) is 7.66. The monoisotopic (exact) mass is 401 g/mol. The molecule has 138 valence electrons. The van der Waals surface area contributed by atoms with Gasteiger partial charge in [0.25, 0.3) is 0 Å². The van der Waals surface area contributed by atoms with Crippen LogP contribution in [0.3, 0.4) is 0 Å². The molecule has 0 unspecified atom stereocenters. The molecule has 27 heavy (non-hydrogen) atoms. The van der Waals surface area contributed by atoms with E-state index in [0.717, 1.165) is 36.3 Å². The summed E-state index contributed by atoms with van der Waals surface area (Å²) in [6, 6.07) is 13.5. The highest BCUT2D eigenvalue weighted by atomic mass is 35.5. The molecule has 4 nitrogen and oxygen atoms in total. The minimum absolute atomic E-state index is 0.0672. The minimum Gasteiger partial charge on any atom is -0.360 e. The Labute approximate surface area is 165 Å². The van der Waals surface area contributed by atoms with E-state index in [4.69, 9.17) is 11.6 Å². The Morgan fingerprint density at radius 1 is 1.19 bits per heavy atom. The van der Waals surface area contributed by atoms with Crippen LogP contribution >= 0.6 is 22.9 Å². The number of halogens is 2. The molecule has 0 aliphatic carbocycles. The van der Waals surface area contributed by atoms with E-state index in [9.17, 15) is 9.18 Å². The molecule has 1 aliphatic heterocycles. The fourth-order valence-electron chi connectivity index (χ4n) is 3.25. The van der Waals surface area contributed by atoms with Crippen molar-refractivity contribution in [1.29, 1.82) is 0 Å². The standard InChI is InChI=1S/C20H17ClFN3OS/c21-14-5-9-16(10-6-14)25-11-1-2-18(25)19(26)24-20-23-17(12-27-20)13-3-7-15(22)8-4-13/h3-10,12,18H,1-2,11H2,(H,23,24,26)/t18-/m0/s1. The number of carbonyl (C=O) groups excluding carboxylic acids is 1. The number of aromatic nitrogens is 1. The van der Waals surface area contributed by atoms with Crippen molar-refractivity contribution in [3.8, 4) is 11.3 Å². The van der Waals surface area contributed by atoms with Gasteiger partial charge in [-0.3, -0.25) is 4.79 Å². The topological polar surface area (TPSA) is 45.2 Å². The van der Waals surface area contributed by atoms with E-state index in [2.05, 4.69) is 15.2 Å². The fraction of sp³-hybridized carbons (Fsp3) is 0.200. The van der Waals surface area contributed by atoms with Crippen LogP contribution in [0.1, 0.15) is 12.8 Å². The number of amides is 1. The van der Waals surface area contributed by atoms with Gasteiger partial charge in [-0.05, 0) is 61.4 Å². The quantitative estimate of drug-likeness (QED) is 0.652. The van der Waals surface area contributed by atoms with Crippen LogP contribution in [0.15, 0.2) is 53.9 Å². The summed E-state index contributed by atoms with van der Waals surface area (Å²) in [6.45, 7) is 0.832. The van der Waals surface area contributed by atoms with Crippen LogP contribution in [0.4, 0.5) is 15.2 Å². The molecule has 0 spiro atoms. The van der Waals surface area contributed by atoms with Gasteiger partial charge >= 0.3 is 0 Å². The van der Waals surface area contributed by atoms with Crippen LogP contribution in [0.2, 0.25) is 5.02 Å². The summed E-state index contributed by atoms with van der Waals surface area (Å²) in [4.78, 5) is 19.4. The summed E-state index contributed by atoms with van der Waals surface area (Å²) >= 11 is 7.32. The number of nitrogens with zero attached hydrogens (tertiary/aromatic N) is 2. The molecule has 1 aliphatic rings. The van der Waals surface area contributed by atoms with Crippen molar-refractivity contribution in [2.24, 2.45) is 0 Å². The molecule has 1 fully saturated rings. The molecule has 4 rings (SSSR count). The average molecular weight is 402 g/mol. The third-order valence-electron chi connectivity index (χ3n) is 4.59. The molecular weight excluding hydrogens is 385 g/mol. The molecule has 7 heteroatoms. The second kappa shape index (κ2) is 7.66. The number of benzene rings is 2. The number of hydrogen-bond donors (Lipinski definition) is 1. The largest absolute Gasteiger partial charge is 0.360 e. The number of carbonyl (C=O) groups is 1. The zero-order valence-corrected chi connectivity index (χ0v) is 15.9. The molecule has 0 radical (unpaired) electrons. The molecule has 0 bridgehead atoms. The maximum Gasteiger partial charge on any atom is 0.248 e. The van der Waals surface area contributed by atoms with Gasteiger partial charge in [-0.1, -0.05) is 11.6 Å². The summed E-state index contributed by atoms with van der Waals surface area (Å²) in [5.41, 5.74) is 2.52. The number of nitrogens with one attached hydrogen (secondary N) is 1. The molecule has 1 aromatic heterocycles. The zero-order chi connectivity index (χ0) is 18.8. The highest BCUT2D eigenvalue weighted by Gasteiger charge is 2.31. The van der Waals surface area contributed by atoms with Gasteiger partial charge < -0.3 is 10.2 Å². The van der Waals surface area contributed by atoms with Crippen molar-refractivity contribution < 1.29 is 9.18 Å². The van der Waals surface area contributed by atoms with Crippen LogP contribution in [0.25, 0.3) is 11.3 Å². The third kappa shape index (κ3) is 3.96. The number of thiazole rings is 1. The lowest BCUT2D eigenvalue weighted by molar-refractivity contribution is -0.117. The van der Waals surface area contributed by atoms with Crippen LogP contribution in [0.5, 0.6) is 0 Å². The molecule has 1 amide bonds. The van der Waals surface area contributed by atoms with Gasteiger partial charge in [0, 0.05) is 28.2 Å². The third-order valence-corrected chi connectivity index (χ3v) is 5.60. The van der Waals surface area contributed by atoms with E-state index in [1.165, 1.54) is 23.5 Å². The Morgan fingerprint density at radius 3 is 2.67 bits per heavy atom. The molecule has 1 N–H and O–H groups in total. The van der Waals surface area contributed by atoms with E-state index >= 15 is 0 Å². The van der Waals surface area contributed by atoms with Crippen molar-refractivity contribution in [2.45, 2.75) is 18.9 Å². The van der Waals surface area contributed by atoms with Gasteiger partial charge in [-0.15, -0.1) is 11.3 Å². The van der Waals surface area contributed by atoms with Crippen molar-refractivity contribution in [3.05, 3.63) is 64.8 Å². The zero-order valence-electron chi connectivity index (χ0n) is 14.4. The normalized spacial score (nSPS) is 16.5. The smallest absolute Gasteiger partial charge is 0.248 e. The van der Waals surface area contributed by atoms with Crippen molar-refractivity contribution >= 4 is 39.7 Å². The van der Waals surface area contributed by atoms with Crippen LogP contribution in [-0.2, 0) is 4.79 Å². The van der Waals surface area contributed by atoms with E-state index in [0.29, 0.717) is 10.2 Å². The highest BCUT2D eigenvalue weighted by Crippen LogP contribution is 2.29. The van der Waals surface area contributed by atoms with Crippen molar-refractivity contribution in [1.82, 2.24) is 4.98 Å². The van der Waals surface area contributed by atoms with Gasteiger partial charge in [-0.2, -0.15) is 0 Å². The predicted octanol–water partition coefficient (Wildman–Crippen LogP) is 5.21.